The Balaban J connectivity index is 1.65. The second-order valence-electron chi connectivity index (χ2n) is 5.37. The largest absolute Gasteiger partial charge is 0.378 e. The highest BCUT2D eigenvalue weighted by Crippen LogP contribution is 2.23. The number of ether oxygens (including phenoxy) is 1. The van der Waals surface area contributed by atoms with Gasteiger partial charge in [-0.25, -0.2) is 15.0 Å². The minimum absolute atomic E-state index is 0.146. The molecule has 7 nitrogen and oxygen atoms in total. The van der Waals surface area contributed by atoms with E-state index >= 15 is 0 Å². The van der Waals surface area contributed by atoms with E-state index in [0.717, 1.165) is 18.5 Å². The lowest BCUT2D eigenvalue weighted by atomic mass is 9.89. The van der Waals surface area contributed by atoms with Gasteiger partial charge < -0.3 is 14.6 Å². The van der Waals surface area contributed by atoms with E-state index in [4.69, 9.17) is 4.74 Å². The van der Waals surface area contributed by atoms with Crippen LogP contribution in [0.5, 0.6) is 0 Å². The molecule has 116 valence electrons. The first-order chi connectivity index (χ1) is 10.7. The second kappa shape index (κ2) is 6.23. The molecule has 2 aromatic rings. The smallest absolute Gasteiger partial charge is 0.289 e. The summed E-state index contributed by atoms with van der Waals surface area (Å²) >= 11 is 0. The number of aromatic nitrogens is 4. The van der Waals surface area contributed by atoms with Crippen LogP contribution in [0.2, 0.25) is 0 Å². The second-order valence-corrected chi connectivity index (χ2v) is 5.37. The molecule has 1 amide bonds. The molecule has 0 aliphatic heterocycles. The van der Waals surface area contributed by atoms with Crippen LogP contribution in [0.25, 0.3) is 11.4 Å². The predicted molar refractivity (Wildman–Crippen MR) is 80.1 cm³/mol. The number of carbonyl (C=O) groups excluding carboxylic acids is 1. The Morgan fingerprint density at radius 2 is 2.32 bits per heavy atom. The Morgan fingerprint density at radius 3 is 3.00 bits per heavy atom. The van der Waals surface area contributed by atoms with E-state index in [-0.39, 0.29) is 23.9 Å². The lowest BCUT2D eigenvalue weighted by Crippen LogP contribution is -2.48. The summed E-state index contributed by atoms with van der Waals surface area (Å²) in [6.45, 7) is 2.69. The summed E-state index contributed by atoms with van der Waals surface area (Å²) in [6.07, 6.45) is 6.95. The van der Waals surface area contributed by atoms with Crippen molar-refractivity contribution < 1.29 is 9.53 Å². The summed E-state index contributed by atoms with van der Waals surface area (Å²) in [5.41, 5.74) is 1.53. The van der Waals surface area contributed by atoms with E-state index in [1.807, 2.05) is 18.5 Å². The molecular formula is C15H19N5O2. The maximum Gasteiger partial charge on any atom is 0.289 e. The molecule has 1 aliphatic rings. The summed E-state index contributed by atoms with van der Waals surface area (Å²) in [6, 6.07) is 1.91. The zero-order valence-electron chi connectivity index (χ0n) is 12.7. The van der Waals surface area contributed by atoms with Crippen molar-refractivity contribution in [1.29, 1.82) is 0 Å². The number of imidazole rings is 1. The summed E-state index contributed by atoms with van der Waals surface area (Å²) in [5.74, 6) is -0.0671. The van der Waals surface area contributed by atoms with Gasteiger partial charge in [0.05, 0.1) is 30.0 Å². The molecule has 0 aromatic carbocycles. The normalized spacial score (nSPS) is 20.5. The topological polar surface area (TPSA) is 81.9 Å². The van der Waals surface area contributed by atoms with Crippen LogP contribution in [-0.2, 0) is 11.8 Å². The van der Waals surface area contributed by atoms with Crippen LogP contribution in [0.1, 0.15) is 30.4 Å². The van der Waals surface area contributed by atoms with Gasteiger partial charge >= 0.3 is 0 Å². The SMILES string of the molecule is CCO[C@H]1C[C@H](NC(=O)c2nccc(-c3cncn3C)n2)C1. The Bertz CT molecular complexity index is 663. The Labute approximate surface area is 128 Å². The van der Waals surface area contributed by atoms with E-state index in [9.17, 15) is 4.79 Å². The van der Waals surface area contributed by atoms with Crippen LogP contribution >= 0.6 is 0 Å². The van der Waals surface area contributed by atoms with Crippen molar-refractivity contribution in [1.82, 2.24) is 24.8 Å². The zero-order chi connectivity index (χ0) is 15.5. The molecule has 0 bridgehead atoms. The maximum atomic E-state index is 12.2. The molecule has 0 atom stereocenters. The minimum Gasteiger partial charge on any atom is -0.378 e. The molecule has 0 spiro atoms. The molecule has 0 unspecified atom stereocenters. The zero-order valence-corrected chi connectivity index (χ0v) is 12.7. The number of nitrogens with one attached hydrogen (secondary N) is 1. The molecule has 2 aromatic heterocycles. The summed E-state index contributed by atoms with van der Waals surface area (Å²) in [4.78, 5) is 24.7. The highest BCUT2D eigenvalue weighted by Gasteiger charge is 2.31. The fraction of sp³-hybridized carbons (Fsp3) is 0.467. The van der Waals surface area contributed by atoms with Crippen LogP contribution < -0.4 is 5.32 Å². The average molecular weight is 301 g/mol. The third-order valence-corrected chi connectivity index (χ3v) is 3.77. The van der Waals surface area contributed by atoms with Gasteiger partial charge in [-0.2, -0.15) is 0 Å². The number of carbonyl (C=O) groups is 1. The third-order valence-electron chi connectivity index (χ3n) is 3.77. The van der Waals surface area contributed by atoms with E-state index < -0.39 is 0 Å². The van der Waals surface area contributed by atoms with Gasteiger partial charge in [-0.05, 0) is 25.8 Å². The van der Waals surface area contributed by atoms with Crippen molar-refractivity contribution in [2.75, 3.05) is 6.61 Å². The minimum atomic E-state index is -0.246. The molecule has 3 rings (SSSR count). The number of nitrogens with zero attached hydrogens (tertiary/aromatic N) is 4. The van der Waals surface area contributed by atoms with Crippen molar-refractivity contribution in [3.05, 3.63) is 30.6 Å². The molecule has 2 heterocycles. The van der Waals surface area contributed by atoms with E-state index in [2.05, 4.69) is 20.3 Å². The molecule has 1 aliphatic carbocycles. The standard InChI is InChI=1S/C15H19N5O2/c1-3-22-11-6-10(7-11)18-15(21)14-17-5-4-12(19-14)13-8-16-9-20(13)2/h4-5,8-11H,3,6-7H2,1-2H3,(H,18,21)/t10-,11-. The van der Waals surface area contributed by atoms with Crippen LogP contribution in [-0.4, -0.2) is 44.2 Å². The van der Waals surface area contributed by atoms with E-state index in [1.165, 1.54) is 0 Å². The van der Waals surface area contributed by atoms with Gasteiger partial charge in [0.1, 0.15) is 0 Å². The van der Waals surface area contributed by atoms with Crippen LogP contribution in [0.4, 0.5) is 0 Å². The molecule has 1 N–H and O–H groups in total. The summed E-state index contributed by atoms with van der Waals surface area (Å²) in [7, 11) is 1.88. The highest BCUT2D eigenvalue weighted by atomic mass is 16.5. The molecule has 7 heteroatoms. The number of hydrogen-bond acceptors (Lipinski definition) is 5. The molecule has 1 fully saturated rings. The quantitative estimate of drug-likeness (QED) is 0.896. The molecule has 0 radical (unpaired) electrons. The van der Waals surface area contributed by atoms with Crippen molar-refractivity contribution in [2.45, 2.75) is 31.9 Å². The highest BCUT2D eigenvalue weighted by molar-refractivity contribution is 5.91. The Hall–Kier alpha value is -2.28. The van der Waals surface area contributed by atoms with Gasteiger partial charge in [-0.3, -0.25) is 4.79 Å². The molecular weight excluding hydrogens is 282 g/mol. The lowest BCUT2D eigenvalue weighted by Gasteiger charge is -2.35. The van der Waals surface area contributed by atoms with Gasteiger partial charge in [0, 0.05) is 25.9 Å². The molecule has 0 saturated heterocycles. The number of rotatable bonds is 5. The summed E-state index contributed by atoms with van der Waals surface area (Å²) in [5, 5.41) is 2.94. The predicted octanol–water partition coefficient (Wildman–Crippen LogP) is 1.17. The Kier molecular flexibility index (Phi) is 4.15. The van der Waals surface area contributed by atoms with Gasteiger partial charge in [0.2, 0.25) is 5.82 Å². The van der Waals surface area contributed by atoms with Gasteiger partial charge in [0.25, 0.3) is 5.91 Å². The van der Waals surface area contributed by atoms with Gasteiger partial charge in [0.15, 0.2) is 0 Å². The average Bonchev–Trinajstić information content (AvgIpc) is 2.91. The van der Waals surface area contributed by atoms with Crippen LogP contribution in [0.3, 0.4) is 0 Å². The maximum absolute atomic E-state index is 12.2. The number of aryl methyl sites for hydroxylation is 1. The van der Waals surface area contributed by atoms with E-state index in [1.54, 1.807) is 24.8 Å². The first-order valence-electron chi connectivity index (χ1n) is 7.39. The third kappa shape index (κ3) is 2.99. The molecule has 1 saturated carbocycles. The van der Waals surface area contributed by atoms with E-state index in [0.29, 0.717) is 12.3 Å². The fourth-order valence-corrected chi connectivity index (χ4v) is 2.52. The van der Waals surface area contributed by atoms with Crippen LogP contribution in [0, 0.1) is 0 Å². The first-order valence-corrected chi connectivity index (χ1v) is 7.39. The van der Waals surface area contributed by atoms with Crippen molar-refractivity contribution in [3.63, 3.8) is 0 Å². The van der Waals surface area contributed by atoms with Crippen molar-refractivity contribution in [3.8, 4) is 11.4 Å². The number of amides is 1. The number of hydrogen-bond donors (Lipinski definition) is 1. The van der Waals surface area contributed by atoms with Crippen molar-refractivity contribution >= 4 is 5.91 Å². The fourth-order valence-electron chi connectivity index (χ4n) is 2.52. The van der Waals surface area contributed by atoms with Crippen molar-refractivity contribution in [2.24, 2.45) is 7.05 Å². The molecule has 22 heavy (non-hydrogen) atoms. The van der Waals surface area contributed by atoms with Gasteiger partial charge in [-0.15, -0.1) is 0 Å². The Morgan fingerprint density at radius 1 is 1.50 bits per heavy atom. The lowest BCUT2D eigenvalue weighted by molar-refractivity contribution is -0.00871. The van der Waals surface area contributed by atoms with Crippen LogP contribution in [0.15, 0.2) is 24.8 Å². The summed E-state index contributed by atoms with van der Waals surface area (Å²) < 4.78 is 7.33. The monoisotopic (exact) mass is 301 g/mol. The first kappa shape index (κ1) is 14.6. The van der Waals surface area contributed by atoms with Gasteiger partial charge in [-0.1, -0.05) is 0 Å².